The number of halogens is 1. The van der Waals surface area contributed by atoms with Gasteiger partial charge in [0.05, 0.1) is 10.9 Å². The molecule has 3 aromatic carbocycles. The average molecular weight is 662 g/mol. The number of piperazine rings is 1. The van der Waals surface area contributed by atoms with Gasteiger partial charge in [0.2, 0.25) is 5.91 Å². The van der Waals surface area contributed by atoms with Crippen LogP contribution in [0.3, 0.4) is 0 Å². The van der Waals surface area contributed by atoms with E-state index in [4.69, 9.17) is 16.0 Å². The van der Waals surface area contributed by atoms with Gasteiger partial charge in [-0.15, -0.1) is 0 Å². The Morgan fingerprint density at radius 1 is 0.936 bits per heavy atom. The van der Waals surface area contributed by atoms with Gasteiger partial charge in [-0.2, -0.15) is 0 Å². The molecular weight excluding hydrogens is 626 g/mol. The van der Waals surface area contributed by atoms with Crippen molar-refractivity contribution < 1.29 is 29.0 Å². The number of benzene rings is 3. The van der Waals surface area contributed by atoms with Crippen LogP contribution in [0, 0.1) is 0 Å². The molecule has 0 radical (unpaired) electrons. The number of phenolic OH excluding ortho intramolecular Hbond substituents is 2. The number of nitrogens with zero attached hydrogens (tertiary/aromatic N) is 3. The van der Waals surface area contributed by atoms with E-state index in [2.05, 4.69) is 15.5 Å². The lowest BCUT2D eigenvalue weighted by molar-refractivity contribution is -0.133. The van der Waals surface area contributed by atoms with E-state index >= 15 is 0 Å². The summed E-state index contributed by atoms with van der Waals surface area (Å²) >= 11 is 6.06. The second-order valence-electron chi connectivity index (χ2n) is 11.6. The van der Waals surface area contributed by atoms with Crippen molar-refractivity contribution in [2.24, 2.45) is 0 Å². The van der Waals surface area contributed by atoms with Crippen molar-refractivity contribution in [3.63, 3.8) is 0 Å². The Kier molecular flexibility index (Phi) is 10.3. The van der Waals surface area contributed by atoms with E-state index in [1.165, 1.54) is 0 Å². The van der Waals surface area contributed by atoms with Gasteiger partial charge in [0.15, 0.2) is 22.7 Å². The number of aromatic hydroxyl groups is 2. The fourth-order valence-electron chi connectivity index (χ4n) is 5.39. The number of anilines is 1. The summed E-state index contributed by atoms with van der Waals surface area (Å²) in [5, 5.41) is 25.8. The quantitative estimate of drug-likeness (QED) is 0.188. The van der Waals surface area contributed by atoms with Crippen LogP contribution in [0.1, 0.15) is 26.5 Å². The number of rotatable bonds is 10. The molecule has 4 aromatic rings. The van der Waals surface area contributed by atoms with Gasteiger partial charge in [-0.3, -0.25) is 19.2 Å². The largest absolute Gasteiger partial charge is 0.504 e. The van der Waals surface area contributed by atoms with Crippen LogP contribution >= 0.6 is 11.6 Å². The fraction of sp³-hybridized carbons (Fsp3) is 0.294. The van der Waals surface area contributed by atoms with Crippen LogP contribution < -0.4 is 21.0 Å². The van der Waals surface area contributed by atoms with E-state index in [0.717, 1.165) is 29.4 Å². The second-order valence-corrected chi connectivity index (χ2v) is 12.0. The molecule has 1 atom stereocenters. The normalized spacial score (nSPS) is 13.9. The minimum absolute atomic E-state index is 0.0175. The van der Waals surface area contributed by atoms with E-state index in [1.807, 2.05) is 37.2 Å². The molecule has 1 aliphatic rings. The zero-order valence-electron chi connectivity index (χ0n) is 26.0. The summed E-state index contributed by atoms with van der Waals surface area (Å²) in [5.41, 5.74) is 1.38. The number of amides is 3. The molecule has 13 heteroatoms. The topological polar surface area (TPSA) is 156 Å². The number of nitrogens with one attached hydrogen (secondary N) is 2. The summed E-state index contributed by atoms with van der Waals surface area (Å²) in [7, 11) is 3.87. The van der Waals surface area contributed by atoms with Gasteiger partial charge in [0, 0.05) is 68.5 Å². The van der Waals surface area contributed by atoms with E-state index in [0.29, 0.717) is 49.9 Å². The van der Waals surface area contributed by atoms with E-state index in [9.17, 15) is 29.4 Å². The maximum atomic E-state index is 13.9. The molecule has 0 unspecified atom stereocenters. The van der Waals surface area contributed by atoms with Crippen molar-refractivity contribution in [3.05, 3.63) is 98.9 Å². The number of fused-ring (bicyclic) bond motifs is 1. The molecule has 47 heavy (non-hydrogen) atoms. The third kappa shape index (κ3) is 8.02. The summed E-state index contributed by atoms with van der Waals surface area (Å²) in [6, 6.07) is 16.3. The van der Waals surface area contributed by atoms with Crippen LogP contribution in [0.4, 0.5) is 5.69 Å². The highest BCUT2D eigenvalue weighted by molar-refractivity contribution is 6.30. The van der Waals surface area contributed by atoms with Gasteiger partial charge >= 0.3 is 0 Å². The van der Waals surface area contributed by atoms with E-state index in [-0.39, 0.29) is 35.0 Å². The van der Waals surface area contributed by atoms with Crippen molar-refractivity contribution in [2.45, 2.75) is 12.5 Å². The van der Waals surface area contributed by atoms with Crippen LogP contribution in [-0.2, 0) is 11.2 Å². The summed E-state index contributed by atoms with van der Waals surface area (Å²) in [4.78, 5) is 58.7. The Bertz CT molecular complexity index is 1840. The third-order valence-electron chi connectivity index (χ3n) is 7.93. The van der Waals surface area contributed by atoms with E-state index in [1.54, 1.807) is 35.2 Å². The van der Waals surface area contributed by atoms with Crippen molar-refractivity contribution in [2.75, 3.05) is 58.3 Å². The first-order valence-corrected chi connectivity index (χ1v) is 15.5. The lowest BCUT2D eigenvalue weighted by atomic mass is 10.0. The maximum absolute atomic E-state index is 13.9. The van der Waals surface area contributed by atoms with Crippen LogP contribution in [0.5, 0.6) is 11.5 Å². The summed E-state index contributed by atoms with van der Waals surface area (Å²) in [5.74, 6) is -2.65. The highest BCUT2D eigenvalue weighted by atomic mass is 35.5. The van der Waals surface area contributed by atoms with Gasteiger partial charge < -0.3 is 40.0 Å². The molecule has 0 bridgehead atoms. The van der Waals surface area contributed by atoms with Gasteiger partial charge in [0.1, 0.15) is 11.6 Å². The van der Waals surface area contributed by atoms with Gasteiger partial charge in [-0.1, -0.05) is 35.9 Å². The Morgan fingerprint density at radius 2 is 1.62 bits per heavy atom. The van der Waals surface area contributed by atoms with Crippen molar-refractivity contribution in [3.8, 4) is 11.5 Å². The molecule has 1 aromatic heterocycles. The van der Waals surface area contributed by atoms with Gasteiger partial charge in [-0.25, -0.2) is 0 Å². The average Bonchev–Trinajstić information content (AvgIpc) is 3.05. The number of likely N-dealkylation sites (N-methyl/N-ethyl adjacent to an activating group) is 1. The van der Waals surface area contributed by atoms with Gasteiger partial charge in [0.25, 0.3) is 11.8 Å². The lowest BCUT2D eigenvalue weighted by Gasteiger charge is -2.38. The number of hydrogen-bond acceptors (Lipinski definition) is 9. The highest BCUT2D eigenvalue weighted by Gasteiger charge is 2.31. The van der Waals surface area contributed by atoms with Gasteiger partial charge in [-0.05, 0) is 50.0 Å². The molecular formula is C34H36ClN5O7. The molecule has 5 rings (SSSR count). The maximum Gasteiger partial charge on any atom is 0.287 e. The molecule has 12 nitrogen and oxygen atoms in total. The predicted molar refractivity (Wildman–Crippen MR) is 178 cm³/mol. The molecule has 4 N–H and O–H groups in total. The highest BCUT2D eigenvalue weighted by Crippen LogP contribution is 2.29. The van der Waals surface area contributed by atoms with E-state index < -0.39 is 28.9 Å². The Morgan fingerprint density at radius 3 is 2.32 bits per heavy atom. The SMILES string of the molecule is CN(C)CCNC(=O)c1ccccc1N1CCN(C(=O)[C@@H](Cc2ccc(Cl)cc2)NC(=O)c2cc(=O)c3cc(O)c(O)cc3o2)CC1. The molecule has 246 valence electrons. The first-order chi connectivity index (χ1) is 22.5. The number of phenols is 2. The second kappa shape index (κ2) is 14.6. The fourth-order valence-corrected chi connectivity index (χ4v) is 5.52. The van der Waals surface area contributed by atoms with Crippen molar-refractivity contribution >= 4 is 46.0 Å². The number of para-hydroxylation sites is 1. The summed E-state index contributed by atoms with van der Waals surface area (Å²) in [6.07, 6.45) is 0.143. The Balaban J connectivity index is 1.32. The van der Waals surface area contributed by atoms with Crippen LogP contribution in [0.25, 0.3) is 11.0 Å². The van der Waals surface area contributed by atoms with Crippen LogP contribution in [-0.4, -0.2) is 97.1 Å². The molecule has 0 saturated carbocycles. The lowest BCUT2D eigenvalue weighted by Crippen LogP contribution is -2.55. The predicted octanol–water partition coefficient (Wildman–Crippen LogP) is 2.84. The zero-order chi connectivity index (χ0) is 33.7. The minimum atomic E-state index is -1.01. The molecule has 1 fully saturated rings. The number of hydrogen-bond donors (Lipinski definition) is 4. The molecule has 2 heterocycles. The molecule has 1 saturated heterocycles. The van der Waals surface area contributed by atoms with Crippen molar-refractivity contribution in [1.82, 2.24) is 20.4 Å². The Labute approximate surface area is 276 Å². The number of carbonyl (C=O) groups excluding carboxylic acids is 3. The smallest absolute Gasteiger partial charge is 0.287 e. The molecule has 3 amide bonds. The van der Waals surface area contributed by atoms with Crippen LogP contribution in [0.2, 0.25) is 5.02 Å². The molecule has 0 aliphatic carbocycles. The standard InChI is InChI=1S/C34H36ClN5O7/c1-38(2)12-11-36-32(44)23-5-3-4-6-26(23)39-13-15-40(16-14-39)34(46)25(17-21-7-9-22(35)10-8-21)37-33(45)31-19-27(41)24-18-28(42)29(43)20-30(24)47-31/h3-10,18-20,25,42-43H,11-17H2,1-2H3,(H,36,44)(H,37,45)/t25-/m1/s1. The number of carbonyl (C=O) groups is 3. The minimum Gasteiger partial charge on any atom is -0.504 e. The molecule has 1 aliphatic heterocycles. The summed E-state index contributed by atoms with van der Waals surface area (Å²) in [6.45, 7) is 2.84. The Hall–Kier alpha value is -5.07. The van der Waals surface area contributed by atoms with Crippen LogP contribution in [0.15, 0.2) is 75.9 Å². The first-order valence-electron chi connectivity index (χ1n) is 15.1. The third-order valence-corrected chi connectivity index (χ3v) is 8.18. The first kappa shape index (κ1) is 33.3. The van der Waals surface area contributed by atoms with Crippen molar-refractivity contribution in [1.29, 1.82) is 0 Å². The summed E-state index contributed by atoms with van der Waals surface area (Å²) < 4.78 is 5.59. The monoisotopic (exact) mass is 661 g/mol. The molecule has 0 spiro atoms. The zero-order valence-corrected chi connectivity index (χ0v) is 26.8.